The van der Waals surface area contributed by atoms with Crippen LogP contribution in [0.5, 0.6) is 5.75 Å². The maximum atomic E-state index is 14.6. The molecule has 2 heterocycles. The van der Waals surface area contributed by atoms with Crippen LogP contribution in [0.4, 0.5) is 9.18 Å². The molecule has 0 radical (unpaired) electrons. The summed E-state index contributed by atoms with van der Waals surface area (Å²) >= 11 is 0. The molecule has 0 saturated carbocycles. The van der Waals surface area contributed by atoms with Gasteiger partial charge >= 0.3 is 6.09 Å². The van der Waals surface area contributed by atoms with Crippen molar-refractivity contribution >= 4 is 6.09 Å². The Morgan fingerprint density at radius 1 is 1.16 bits per heavy atom. The number of para-hydroxylation sites is 1. The van der Waals surface area contributed by atoms with E-state index >= 15 is 0 Å². The van der Waals surface area contributed by atoms with Crippen LogP contribution in [0.3, 0.4) is 0 Å². The average Bonchev–Trinajstić information content (AvgIpc) is 2.77. The number of piperidine rings is 1. The van der Waals surface area contributed by atoms with Crippen LogP contribution in [0.1, 0.15) is 74.3 Å². The van der Waals surface area contributed by atoms with Crippen molar-refractivity contribution in [3.8, 4) is 11.8 Å². The van der Waals surface area contributed by atoms with Gasteiger partial charge in [-0.2, -0.15) is 5.26 Å². The van der Waals surface area contributed by atoms with Crippen molar-refractivity contribution in [3.05, 3.63) is 64.5 Å². The summed E-state index contributed by atoms with van der Waals surface area (Å²) in [6.45, 7) is 6.89. The predicted octanol–water partition coefficient (Wildman–Crippen LogP) is 5.88. The van der Waals surface area contributed by atoms with Crippen molar-refractivity contribution in [3.63, 3.8) is 0 Å². The van der Waals surface area contributed by atoms with E-state index in [0.717, 1.165) is 36.1 Å². The molecule has 32 heavy (non-hydrogen) atoms. The van der Waals surface area contributed by atoms with Crippen LogP contribution in [0.25, 0.3) is 0 Å². The van der Waals surface area contributed by atoms with Crippen LogP contribution in [-0.2, 0) is 11.2 Å². The molecule has 1 unspecified atom stereocenters. The quantitative estimate of drug-likeness (QED) is 0.590. The molecule has 1 amide bonds. The molecule has 1 atom stereocenters. The summed E-state index contributed by atoms with van der Waals surface area (Å²) in [7, 11) is 0. The molecule has 4 rings (SSSR count). The number of hydrogen-bond donors (Lipinski definition) is 0. The molecule has 5 nitrogen and oxygen atoms in total. The molecule has 0 bridgehead atoms. The number of aryl methyl sites for hydroxylation is 1. The minimum atomic E-state index is -0.504. The van der Waals surface area contributed by atoms with E-state index < -0.39 is 11.4 Å². The summed E-state index contributed by atoms with van der Waals surface area (Å²) < 4.78 is 26.5. The van der Waals surface area contributed by atoms with Crippen molar-refractivity contribution in [1.82, 2.24) is 4.90 Å². The largest absolute Gasteiger partial charge is 0.485 e. The minimum Gasteiger partial charge on any atom is -0.485 e. The number of benzene rings is 2. The highest BCUT2D eigenvalue weighted by atomic mass is 19.1. The van der Waals surface area contributed by atoms with Gasteiger partial charge in [0, 0.05) is 18.7 Å². The average molecular weight is 437 g/mol. The van der Waals surface area contributed by atoms with Crippen molar-refractivity contribution in [2.75, 3.05) is 13.1 Å². The Bertz CT molecular complexity index is 1050. The van der Waals surface area contributed by atoms with E-state index in [9.17, 15) is 9.18 Å². The van der Waals surface area contributed by atoms with E-state index in [1.807, 2.05) is 26.8 Å². The predicted molar refractivity (Wildman–Crippen MR) is 119 cm³/mol. The molecule has 2 aromatic carbocycles. The van der Waals surface area contributed by atoms with Crippen LogP contribution in [0.2, 0.25) is 0 Å². The van der Waals surface area contributed by atoms with Gasteiger partial charge in [-0.3, -0.25) is 0 Å². The number of fused-ring (bicyclic) bond motifs is 1. The van der Waals surface area contributed by atoms with Gasteiger partial charge in [-0.1, -0.05) is 24.3 Å². The van der Waals surface area contributed by atoms with Gasteiger partial charge in [0.25, 0.3) is 0 Å². The van der Waals surface area contributed by atoms with E-state index in [2.05, 4.69) is 18.2 Å². The Kier molecular flexibility index (Phi) is 6.10. The summed E-state index contributed by atoms with van der Waals surface area (Å²) in [5.41, 5.74) is 2.56. The van der Waals surface area contributed by atoms with Gasteiger partial charge in [0.1, 0.15) is 23.3 Å². The van der Waals surface area contributed by atoms with Gasteiger partial charge in [-0.15, -0.1) is 0 Å². The van der Waals surface area contributed by atoms with E-state index in [1.54, 1.807) is 17.0 Å². The third-order valence-corrected chi connectivity index (χ3v) is 6.13. The molecule has 6 heteroatoms. The van der Waals surface area contributed by atoms with Crippen molar-refractivity contribution < 1.29 is 18.7 Å². The smallest absolute Gasteiger partial charge is 0.410 e. The lowest BCUT2D eigenvalue weighted by Gasteiger charge is -2.35. The summed E-state index contributed by atoms with van der Waals surface area (Å²) in [5, 5.41) is 9.00. The fourth-order valence-corrected chi connectivity index (χ4v) is 4.53. The Morgan fingerprint density at radius 3 is 2.56 bits per heavy atom. The Morgan fingerprint density at radius 2 is 1.91 bits per heavy atom. The Hall–Kier alpha value is -3.07. The van der Waals surface area contributed by atoms with Crippen molar-refractivity contribution in [1.29, 1.82) is 5.26 Å². The lowest BCUT2D eigenvalue weighted by Crippen LogP contribution is -2.41. The van der Waals surface area contributed by atoms with Gasteiger partial charge < -0.3 is 14.4 Å². The van der Waals surface area contributed by atoms with Gasteiger partial charge in [0.15, 0.2) is 0 Å². The maximum absolute atomic E-state index is 14.6. The third-order valence-electron chi connectivity index (χ3n) is 6.13. The van der Waals surface area contributed by atoms with Gasteiger partial charge in [0.05, 0.1) is 11.6 Å². The first-order valence-electron chi connectivity index (χ1n) is 11.2. The third kappa shape index (κ3) is 4.72. The second-order valence-electron chi connectivity index (χ2n) is 9.57. The lowest BCUT2D eigenvalue weighted by atomic mass is 9.85. The number of nitriles is 1. The summed E-state index contributed by atoms with van der Waals surface area (Å²) in [6.07, 6.45) is 2.52. The fraction of sp³-hybridized carbons (Fsp3) is 0.462. The van der Waals surface area contributed by atoms with Crippen LogP contribution >= 0.6 is 0 Å². The number of halogens is 1. The van der Waals surface area contributed by atoms with Gasteiger partial charge in [-0.05, 0) is 75.6 Å². The molecular formula is C26H29FN2O3. The molecule has 0 aromatic heterocycles. The van der Waals surface area contributed by atoms with Crippen LogP contribution in [0, 0.1) is 17.1 Å². The molecule has 2 aliphatic heterocycles. The number of carbonyl (C=O) groups is 1. The first kappa shape index (κ1) is 22.1. The van der Waals surface area contributed by atoms with Crippen molar-refractivity contribution in [2.24, 2.45) is 0 Å². The number of hydrogen-bond acceptors (Lipinski definition) is 4. The van der Waals surface area contributed by atoms with E-state index in [-0.39, 0.29) is 18.1 Å². The molecule has 0 aliphatic carbocycles. The molecular weight excluding hydrogens is 407 g/mol. The first-order valence-corrected chi connectivity index (χ1v) is 11.2. The first-order chi connectivity index (χ1) is 15.2. The summed E-state index contributed by atoms with van der Waals surface area (Å²) in [6, 6.07) is 12.7. The molecule has 2 aliphatic rings. The second-order valence-corrected chi connectivity index (χ2v) is 9.57. The molecule has 0 N–H and O–H groups in total. The van der Waals surface area contributed by atoms with Gasteiger partial charge in [0.2, 0.25) is 0 Å². The second kappa shape index (κ2) is 8.82. The monoisotopic (exact) mass is 436 g/mol. The highest BCUT2D eigenvalue weighted by Crippen LogP contribution is 2.43. The van der Waals surface area contributed by atoms with Gasteiger partial charge in [-0.25, -0.2) is 9.18 Å². The summed E-state index contributed by atoms with van der Waals surface area (Å²) in [5.74, 6) is 0.720. The van der Waals surface area contributed by atoms with E-state index in [4.69, 9.17) is 14.7 Å². The maximum Gasteiger partial charge on any atom is 0.410 e. The Balaban J connectivity index is 1.50. The SMILES string of the molecule is CC(C)(C)OC(=O)N1CCC(c2cccc3c2OC(c2ccc(C#N)cc2F)CC3)CC1. The van der Waals surface area contributed by atoms with Crippen LogP contribution in [0.15, 0.2) is 36.4 Å². The summed E-state index contributed by atoms with van der Waals surface area (Å²) in [4.78, 5) is 14.2. The minimum absolute atomic E-state index is 0.265. The number of likely N-dealkylation sites (tertiary alicyclic amines) is 1. The molecule has 1 fully saturated rings. The topological polar surface area (TPSA) is 62.6 Å². The van der Waals surface area contributed by atoms with Crippen LogP contribution < -0.4 is 4.74 Å². The van der Waals surface area contributed by atoms with Crippen LogP contribution in [-0.4, -0.2) is 29.7 Å². The normalized spacial score (nSPS) is 19.0. The standard InChI is InChI=1S/C26H29FN2O3/c1-26(2,3)32-25(30)29-13-11-18(12-14-29)20-6-4-5-19-8-10-23(31-24(19)20)21-9-7-17(16-28)15-22(21)27/h4-7,9,15,18,23H,8,10-14H2,1-3H3. The number of amides is 1. The molecule has 168 valence electrons. The number of nitrogens with zero attached hydrogens (tertiary/aromatic N) is 2. The zero-order valence-electron chi connectivity index (χ0n) is 18.9. The van der Waals surface area contributed by atoms with E-state index in [0.29, 0.717) is 30.6 Å². The number of carbonyl (C=O) groups excluding carboxylic acids is 1. The number of ether oxygens (including phenoxy) is 2. The lowest BCUT2D eigenvalue weighted by molar-refractivity contribution is 0.0204. The van der Waals surface area contributed by atoms with E-state index in [1.165, 1.54) is 6.07 Å². The molecule has 0 spiro atoms. The number of rotatable bonds is 2. The molecule has 2 aromatic rings. The van der Waals surface area contributed by atoms with Crippen molar-refractivity contribution in [2.45, 2.75) is 64.1 Å². The highest BCUT2D eigenvalue weighted by molar-refractivity contribution is 5.68. The zero-order chi connectivity index (χ0) is 22.9. The zero-order valence-corrected chi connectivity index (χ0v) is 18.9. The highest BCUT2D eigenvalue weighted by Gasteiger charge is 2.32. The fourth-order valence-electron chi connectivity index (χ4n) is 4.53. The Labute approximate surface area is 188 Å². The molecule has 1 saturated heterocycles.